The zero-order valence-electron chi connectivity index (χ0n) is 13.5. The van der Waals surface area contributed by atoms with Gasteiger partial charge in [0.25, 0.3) is 0 Å². The number of rotatable bonds is 5. The maximum Gasteiger partial charge on any atom is 0.234 e. The molecule has 0 saturated carbocycles. The highest BCUT2D eigenvalue weighted by atomic mass is 32.2. The lowest BCUT2D eigenvalue weighted by Crippen LogP contribution is -2.30. The van der Waals surface area contributed by atoms with Gasteiger partial charge in [0, 0.05) is 18.0 Å². The number of carbonyl (C=O) groups excluding carboxylic acids is 1. The summed E-state index contributed by atoms with van der Waals surface area (Å²) in [7, 11) is 0. The minimum atomic E-state index is -0.332. The van der Waals surface area contributed by atoms with Crippen molar-refractivity contribution in [2.24, 2.45) is 0 Å². The molecular formula is C19H21FN2OS. The molecule has 2 aromatic carbocycles. The third-order valence-electron chi connectivity index (χ3n) is 4.04. The molecule has 126 valence electrons. The first-order valence-electron chi connectivity index (χ1n) is 8.24. The van der Waals surface area contributed by atoms with E-state index in [0.717, 1.165) is 36.5 Å². The van der Waals surface area contributed by atoms with Gasteiger partial charge in [-0.2, -0.15) is 0 Å². The van der Waals surface area contributed by atoms with E-state index in [1.165, 1.54) is 30.3 Å². The number of piperidine rings is 1. The Morgan fingerprint density at radius 3 is 2.58 bits per heavy atom. The first kappa shape index (κ1) is 16.8. The van der Waals surface area contributed by atoms with Crippen molar-refractivity contribution >= 4 is 29.0 Å². The minimum absolute atomic E-state index is 0.118. The molecule has 1 heterocycles. The van der Waals surface area contributed by atoms with E-state index in [1.807, 2.05) is 30.3 Å². The summed E-state index contributed by atoms with van der Waals surface area (Å²) in [5, 5.41) is 2.88. The summed E-state index contributed by atoms with van der Waals surface area (Å²) in [5.74, 6) is -0.144. The maximum atomic E-state index is 13.6. The number of hydrogen-bond acceptors (Lipinski definition) is 3. The molecule has 3 rings (SSSR count). The van der Waals surface area contributed by atoms with Crippen LogP contribution in [0, 0.1) is 5.82 Å². The van der Waals surface area contributed by atoms with Gasteiger partial charge in [-0.25, -0.2) is 4.39 Å². The normalized spacial score (nSPS) is 14.5. The van der Waals surface area contributed by atoms with Crippen LogP contribution >= 0.6 is 11.8 Å². The maximum absolute atomic E-state index is 13.6. The Balaban J connectivity index is 1.66. The number of nitrogens with zero attached hydrogens (tertiary/aromatic N) is 1. The summed E-state index contributed by atoms with van der Waals surface area (Å²) in [4.78, 5) is 15.5. The van der Waals surface area contributed by atoms with Crippen LogP contribution in [-0.2, 0) is 4.79 Å². The van der Waals surface area contributed by atoms with Crippen molar-refractivity contribution in [3.8, 4) is 0 Å². The average molecular weight is 344 g/mol. The Labute approximate surface area is 146 Å². The van der Waals surface area contributed by atoms with E-state index in [4.69, 9.17) is 0 Å². The largest absolute Gasteiger partial charge is 0.370 e. The van der Waals surface area contributed by atoms with Crippen LogP contribution in [0.4, 0.5) is 15.8 Å². The van der Waals surface area contributed by atoms with Crippen molar-refractivity contribution in [1.29, 1.82) is 0 Å². The Morgan fingerprint density at radius 1 is 1.08 bits per heavy atom. The Kier molecular flexibility index (Phi) is 5.75. The standard InChI is InChI=1S/C19H21FN2OS/c20-15-9-10-18(22-11-5-2-6-12-22)17(13-15)21-19(23)14-24-16-7-3-1-4-8-16/h1,3-4,7-10,13H,2,5-6,11-12,14H2,(H,21,23). The van der Waals surface area contributed by atoms with Crippen LogP contribution in [-0.4, -0.2) is 24.7 Å². The first-order valence-corrected chi connectivity index (χ1v) is 9.23. The van der Waals surface area contributed by atoms with Crippen LogP contribution < -0.4 is 10.2 Å². The van der Waals surface area contributed by atoms with Gasteiger partial charge in [-0.1, -0.05) is 18.2 Å². The molecular weight excluding hydrogens is 323 g/mol. The minimum Gasteiger partial charge on any atom is -0.370 e. The monoisotopic (exact) mass is 344 g/mol. The summed E-state index contributed by atoms with van der Waals surface area (Å²) in [6, 6.07) is 14.4. The molecule has 1 amide bonds. The summed E-state index contributed by atoms with van der Waals surface area (Å²) >= 11 is 1.47. The van der Waals surface area contributed by atoms with Crippen molar-refractivity contribution in [3.05, 3.63) is 54.3 Å². The summed E-state index contributed by atoms with van der Waals surface area (Å²) in [6.45, 7) is 1.90. The average Bonchev–Trinajstić information content (AvgIpc) is 2.62. The van der Waals surface area contributed by atoms with E-state index in [1.54, 1.807) is 6.07 Å². The van der Waals surface area contributed by atoms with Crippen LogP contribution in [0.15, 0.2) is 53.4 Å². The first-order chi connectivity index (χ1) is 11.7. The molecule has 0 atom stereocenters. The molecule has 0 radical (unpaired) electrons. The van der Waals surface area contributed by atoms with Crippen molar-refractivity contribution in [2.75, 3.05) is 29.1 Å². The predicted octanol–water partition coefficient (Wildman–Crippen LogP) is 4.55. The second-order valence-corrected chi connectivity index (χ2v) is 6.91. The van der Waals surface area contributed by atoms with E-state index in [0.29, 0.717) is 11.4 Å². The number of halogens is 1. The molecule has 24 heavy (non-hydrogen) atoms. The third-order valence-corrected chi connectivity index (χ3v) is 5.05. The number of amides is 1. The SMILES string of the molecule is O=C(CSc1ccccc1)Nc1cc(F)ccc1N1CCCCC1. The molecule has 1 fully saturated rings. The van der Waals surface area contributed by atoms with Gasteiger partial charge in [-0.05, 0) is 49.6 Å². The molecule has 1 N–H and O–H groups in total. The molecule has 0 unspecified atom stereocenters. The highest BCUT2D eigenvalue weighted by Crippen LogP contribution is 2.29. The van der Waals surface area contributed by atoms with Gasteiger partial charge in [0.2, 0.25) is 5.91 Å². The van der Waals surface area contributed by atoms with Gasteiger partial charge in [0.1, 0.15) is 5.82 Å². The van der Waals surface area contributed by atoms with Crippen LogP contribution in [0.2, 0.25) is 0 Å². The van der Waals surface area contributed by atoms with E-state index in [9.17, 15) is 9.18 Å². The summed E-state index contributed by atoms with van der Waals surface area (Å²) in [5.41, 5.74) is 1.48. The Bertz CT molecular complexity index is 687. The molecule has 3 nitrogen and oxygen atoms in total. The van der Waals surface area contributed by atoms with Gasteiger partial charge in [0.05, 0.1) is 17.1 Å². The molecule has 1 saturated heterocycles. The van der Waals surface area contributed by atoms with E-state index < -0.39 is 0 Å². The smallest absolute Gasteiger partial charge is 0.234 e. The van der Waals surface area contributed by atoms with E-state index >= 15 is 0 Å². The topological polar surface area (TPSA) is 32.3 Å². The predicted molar refractivity (Wildman–Crippen MR) is 98.3 cm³/mol. The molecule has 0 aromatic heterocycles. The molecule has 0 spiro atoms. The lowest BCUT2D eigenvalue weighted by atomic mass is 10.1. The van der Waals surface area contributed by atoms with Gasteiger partial charge in [-0.3, -0.25) is 4.79 Å². The van der Waals surface area contributed by atoms with Crippen molar-refractivity contribution in [2.45, 2.75) is 24.2 Å². The van der Waals surface area contributed by atoms with Gasteiger partial charge in [0.15, 0.2) is 0 Å². The van der Waals surface area contributed by atoms with Crippen molar-refractivity contribution in [3.63, 3.8) is 0 Å². The van der Waals surface area contributed by atoms with Gasteiger partial charge >= 0.3 is 0 Å². The molecule has 0 bridgehead atoms. The molecule has 5 heteroatoms. The number of nitrogens with one attached hydrogen (secondary N) is 1. The lowest BCUT2D eigenvalue weighted by molar-refractivity contribution is -0.113. The van der Waals surface area contributed by atoms with E-state index in [2.05, 4.69) is 10.2 Å². The van der Waals surface area contributed by atoms with Gasteiger partial charge < -0.3 is 10.2 Å². The molecule has 2 aromatic rings. The highest BCUT2D eigenvalue weighted by molar-refractivity contribution is 8.00. The fourth-order valence-corrected chi connectivity index (χ4v) is 3.59. The lowest BCUT2D eigenvalue weighted by Gasteiger charge is -2.30. The summed E-state index contributed by atoms with van der Waals surface area (Å²) < 4.78 is 13.6. The number of thioether (sulfide) groups is 1. The number of carbonyl (C=O) groups is 1. The van der Waals surface area contributed by atoms with Crippen LogP contribution in [0.5, 0.6) is 0 Å². The fourth-order valence-electron chi connectivity index (χ4n) is 2.87. The second kappa shape index (κ2) is 8.20. The zero-order valence-corrected chi connectivity index (χ0v) is 14.3. The number of benzene rings is 2. The molecule has 1 aliphatic heterocycles. The summed E-state index contributed by atoms with van der Waals surface area (Å²) in [6.07, 6.45) is 3.50. The quantitative estimate of drug-likeness (QED) is 0.808. The zero-order chi connectivity index (χ0) is 16.8. The Morgan fingerprint density at radius 2 is 1.83 bits per heavy atom. The number of anilines is 2. The van der Waals surface area contributed by atoms with Crippen LogP contribution in [0.25, 0.3) is 0 Å². The fraction of sp³-hybridized carbons (Fsp3) is 0.316. The number of hydrogen-bond donors (Lipinski definition) is 1. The van der Waals surface area contributed by atoms with Crippen LogP contribution in [0.1, 0.15) is 19.3 Å². The molecule has 1 aliphatic rings. The highest BCUT2D eigenvalue weighted by Gasteiger charge is 2.16. The van der Waals surface area contributed by atoms with E-state index in [-0.39, 0.29) is 11.7 Å². The Hall–Kier alpha value is -2.01. The van der Waals surface area contributed by atoms with Crippen molar-refractivity contribution < 1.29 is 9.18 Å². The second-order valence-electron chi connectivity index (χ2n) is 5.86. The third kappa shape index (κ3) is 4.51. The van der Waals surface area contributed by atoms with Gasteiger partial charge in [-0.15, -0.1) is 11.8 Å². The van der Waals surface area contributed by atoms with Crippen molar-refractivity contribution in [1.82, 2.24) is 0 Å². The van der Waals surface area contributed by atoms with Crippen LogP contribution in [0.3, 0.4) is 0 Å². The molecule has 0 aliphatic carbocycles.